The van der Waals surface area contributed by atoms with Gasteiger partial charge in [-0.3, -0.25) is 0 Å². The molecule has 0 spiro atoms. The summed E-state index contributed by atoms with van der Waals surface area (Å²) in [5.41, 5.74) is 0. The molecule has 0 bridgehead atoms. The predicted octanol–water partition coefficient (Wildman–Crippen LogP) is -1.52. The van der Waals surface area contributed by atoms with Gasteiger partial charge in [0, 0.05) is 0 Å². The van der Waals surface area contributed by atoms with Crippen molar-refractivity contribution in [3.05, 3.63) is 0 Å². The van der Waals surface area contributed by atoms with Crippen molar-refractivity contribution >= 4 is 0 Å². The van der Waals surface area contributed by atoms with E-state index in [0.29, 0.717) is 0 Å². The van der Waals surface area contributed by atoms with Gasteiger partial charge in [-0.05, 0) is 5.92 Å². The molecule has 5 nitrogen and oxygen atoms in total. The third-order valence-electron chi connectivity index (χ3n) is 2.59. The first kappa shape index (κ1) is 11.9. The molecule has 1 aliphatic heterocycles. The first-order valence-electron chi connectivity index (χ1n) is 4.79. The third-order valence-corrected chi connectivity index (χ3v) is 2.59. The van der Waals surface area contributed by atoms with E-state index in [1.54, 1.807) is 0 Å². The van der Waals surface area contributed by atoms with Crippen LogP contribution in [0.3, 0.4) is 0 Å². The minimum Gasteiger partial charge on any atom is -0.394 e. The van der Waals surface area contributed by atoms with Gasteiger partial charge in [0.25, 0.3) is 0 Å². The van der Waals surface area contributed by atoms with Gasteiger partial charge in [-0.15, -0.1) is 0 Å². The van der Waals surface area contributed by atoms with Crippen LogP contribution in [0.1, 0.15) is 13.8 Å². The van der Waals surface area contributed by atoms with Crippen LogP contribution in [0.5, 0.6) is 0 Å². The minimum absolute atomic E-state index is 0.0150. The molecule has 0 amide bonds. The highest BCUT2D eigenvalue weighted by Crippen LogP contribution is 2.25. The highest BCUT2D eigenvalue weighted by Gasteiger charge is 2.44. The van der Waals surface area contributed by atoms with E-state index in [0.717, 1.165) is 0 Å². The molecular weight excluding hydrogens is 188 g/mol. The molecule has 5 atom stereocenters. The lowest BCUT2D eigenvalue weighted by atomic mass is 9.90. The van der Waals surface area contributed by atoms with E-state index in [2.05, 4.69) is 0 Å². The Kier molecular flexibility index (Phi) is 3.86. The number of rotatable bonds is 2. The van der Waals surface area contributed by atoms with Gasteiger partial charge in [0.2, 0.25) is 0 Å². The maximum atomic E-state index is 9.57. The molecule has 1 heterocycles. The largest absolute Gasteiger partial charge is 0.394 e. The summed E-state index contributed by atoms with van der Waals surface area (Å²) in [6.07, 6.45) is -4.96. The van der Waals surface area contributed by atoms with Crippen molar-refractivity contribution in [2.45, 2.75) is 44.4 Å². The van der Waals surface area contributed by atoms with Crippen molar-refractivity contribution in [3.8, 4) is 0 Å². The third kappa shape index (κ3) is 2.07. The predicted molar refractivity (Wildman–Crippen MR) is 48.6 cm³/mol. The molecule has 0 aliphatic carbocycles. The molecular formula is C9H18O5. The van der Waals surface area contributed by atoms with E-state index < -0.39 is 30.5 Å². The Bertz CT molecular complexity index is 182. The minimum atomic E-state index is -1.26. The normalized spacial score (nSPS) is 44.4. The lowest BCUT2D eigenvalue weighted by Gasteiger charge is -2.41. The number of ether oxygens (including phenoxy) is 1. The fourth-order valence-corrected chi connectivity index (χ4v) is 1.68. The van der Waals surface area contributed by atoms with Crippen LogP contribution in [-0.4, -0.2) is 57.6 Å². The Balaban J connectivity index is 2.73. The summed E-state index contributed by atoms with van der Waals surface area (Å²) in [5, 5.41) is 37.4. The van der Waals surface area contributed by atoms with Crippen molar-refractivity contribution in [1.29, 1.82) is 0 Å². The summed E-state index contributed by atoms with van der Waals surface area (Å²) in [5.74, 6) is 0.0150. The van der Waals surface area contributed by atoms with Crippen LogP contribution in [0.4, 0.5) is 0 Å². The number of aliphatic hydroxyl groups excluding tert-OH is 4. The molecule has 0 aromatic heterocycles. The van der Waals surface area contributed by atoms with Crippen LogP contribution >= 0.6 is 0 Å². The van der Waals surface area contributed by atoms with Crippen LogP contribution in [0.2, 0.25) is 0 Å². The molecule has 4 N–H and O–H groups in total. The number of hydrogen-bond acceptors (Lipinski definition) is 5. The molecule has 1 rings (SSSR count). The SMILES string of the molecule is CC(C)[C@@H]1OC(CO)[C@@H](O)[C@@H](O)C1O. The monoisotopic (exact) mass is 206 g/mol. The van der Waals surface area contributed by atoms with Crippen LogP contribution in [-0.2, 0) is 4.74 Å². The maximum Gasteiger partial charge on any atom is 0.111 e. The van der Waals surface area contributed by atoms with Gasteiger partial charge in [0.1, 0.15) is 24.4 Å². The Labute approximate surface area is 82.9 Å². The van der Waals surface area contributed by atoms with Gasteiger partial charge >= 0.3 is 0 Å². The second-order valence-corrected chi connectivity index (χ2v) is 4.04. The molecule has 0 saturated carbocycles. The topological polar surface area (TPSA) is 90.2 Å². The Morgan fingerprint density at radius 1 is 1.07 bits per heavy atom. The van der Waals surface area contributed by atoms with Crippen molar-refractivity contribution in [2.24, 2.45) is 5.92 Å². The van der Waals surface area contributed by atoms with E-state index in [-0.39, 0.29) is 12.5 Å². The molecule has 0 radical (unpaired) electrons. The fourth-order valence-electron chi connectivity index (χ4n) is 1.68. The molecule has 1 aliphatic rings. The second kappa shape index (κ2) is 4.55. The molecule has 1 saturated heterocycles. The van der Waals surface area contributed by atoms with E-state index in [4.69, 9.17) is 9.84 Å². The zero-order valence-corrected chi connectivity index (χ0v) is 8.37. The quantitative estimate of drug-likeness (QED) is 0.441. The summed E-state index contributed by atoms with van der Waals surface area (Å²) >= 11 is 0. The summed E-state index contributed by atoms with van der Waals surface area (Å²) in [6.45, 7) is 3.31. The first-order valence-corrected chi connectivity index (χ1v) is 4.79. The standard InChI is InChI=1S/C9H18O5/c1-4(2)9-8(13)7(12)6(11)5(3-10)14-9/h4-13H,3H2,1-2H3/t5?,6-,7-,8?,9+/m1/s1. The summed E-state index contributed by atoms with van der Waals surface area (Å²) in [7, 11) is 0. The average Bonchev–Trinajstić information content (AvgIpc) is 2.14. The van der Waals surface area contributed by atoms with Crippen molar-refractivity contribution < 1.29 is 25.2 Å². The van der Waals surface area contributed by atoms with Gasteiger partial charge in [0.15, 0.2) is 0 Å². The lowest BCUT2D eigenvalue weighted by molar-refractivity contribution is -0.238. The second-order valence-electron chi connectivity index (χ2n) is 4.04. The van der Waals surface area contributed by atoms with E-state index >= 15 is 0 Å². The molecule has 2 unspecified atom stereocenters. The lowest BCUT2D eigenvalue weighted by Crippen LogP contribution is -2.59. The Morgan fingerprint density at radius 3 is 2.07 bits per heavy atom. The molecule has 0 aromatic carbocycles. The van der Waals surface area contributed by atoms with Gasteiger partial charge in [0.05, 0.1) is 12.7 Å². The molecule has 0 aromatic rings. The Hall–Kier alpha value is -0.200. The molecule has 5 heteroatoms. The van der Waals surface area contributed by atoms with Gasteiger partial charge < -0.3 is 25.2 Å². The van der Waals surface area contributed by atoms with E-state index in [1.807, 2.05) is 13.8 Å². The van der Waals surface area contributed by atoms with Gasteiger partial charge in [-0.1, -0.05) is 13.8 Å². The number of aliphatic hydroxyl groups is 4. The zero-order valence-electron chi connectivity index (χ0n) is 8.37. The highest BCUT2D eigenvalue weighted by molar-refractivity contribution is 4.92. The van der Waals surface area contributed by atoms with Crippen molar-refractivity contribution in [3.63, 3.8) is 0 Å². The van der Waals surface area contributed by atoms with Crippen molar-refractivity contribution in [2.75, 3.05) is 6.61 Å². The molecule has 14 heavy (non-hydrogen) atoms. The van der Waals surface area contributed by atoms with Gasteiger partial charge in [-0.25, -0.2) is 0 Å². The molecule has 1 fully saturated rings. The average molecular weight is 206 g/mol. The Morgan fingerprint density at radius 2 is 1.64 bits per heavy atom. The van der Waals surface area contributed by atoms with Crippen LogP contribution in [0.15, 0.2) is 0 Å². The van der Waals surface area contributed by atoms with Crippen molar-refractivity contribution in [1.82, 2.24) is 0 Å². The summed E-state index contributed by atoms with van der Waals surface area (Å²) in [6, 6.07) is 0. The van der Waals surface area contributed by atoms with Crippen LogP contribution in [0.25, 0.3) is 0 Å². The van der Waals surface area contributed by atoms with Crippen LogP contribution < -0.4 is 0 Å². The van der Waals surface area contributed by atoms with E-state index in [9.17, 15) is 15.3 Å². The van der Waals surface area contributed by atoms with Crippen LogP contribution in [0, 0.1) is 5.92 Å². The first-order chi connectivity index (χ1) is 6.49. The smallest absolute Gasteiger partial charge is 0.111 e. The maximum absolute atomic E-state index is 9.57. The zero-order chi connectivity index (χ0) is 10.9. The fraction of sp³-hybridized carbons (Fsp3) is 1.00. The molecule has 84 valence electrons. The highest BCUT2D eigenvalue weighted by atomic mass is 16.5. The number of hydrogen-bond donors (Lipinski definition) is 4. The summed E-state index contributed by atoms with van der Waals surface area (Å²) in [4.78, 5) is 0. The van der Waals surface area contributed by atoms with Gasteiger partial charge in [-0.2, -0.15) is 0 Å². The summed E-state index contributed by atoms with van der Waals surface area (Å²) < 4.78 is 5.28. The van der Waals surface area contributed by atoms with E-state index in [1.165, 1.54) is 0 Å².